The highest BCUT2D eigenvalue weighted by molar-refractivity contribution is 7.99. The minimum atomic E-state index is -3.65. The van der Waals surface area contributed by atoms with Crippen LogP contribution in [0, 0.1) is 0 Å². The normalized spacial score (nSPS) is 15.7. The van der Waals surface area contributed by atoms with Gasteiger partial charge in [0.25, 0.3) is 0 Å². The number of aromatic nitrogens is 4. The van der Waals surface area contributed by atoms with E-state index in [1.807, 2.05) is 34.9 Å². The summed E-state index contributed by atoms with van der Waals surface area (Å²) in [4.78, 5) is 16.4. The summed E-state index contributed by atoms with van der Waals surface area (Å²) in [5.41, 5.74) is 2.24. The zero-order valence-corrected chi connectivity index (χ0v) is 22.4. The van der Waals surface area contributed by atoms with Gasteiger partial charge in [-0.25, -0.2) is 8.42 Å². The fourth-order valence-corrected chi connectivity index (χ4v) is 6.77. The Morgan fingerprint density at radius 3 is 2.70 bits per heavy atom. The first-order valence-corrected chi connectivity index (χ1v) is 14.7. The molecule has 5 rings (SSSR count). The molecule has 2 aromatic heterocycles. The van der Waals surface area contributed by atoms with E-state index in [9.17, 15) is 13.2 Å². The average molecular weight is 540 g/mol. The molecule has 1 saturated heterocycles. The standard InChI is InChI=1S/C26H29N5O4S2/c1-3-18(2)31-25(19-7-6-8-20(15-19)37(33,34)30-11-13-35-14-12-30)28-29-26(31)36-17-24(32)22-16-27-23-10-5-4-9-21(22)23/h4-10,15-16,18,27H,3,11-14,17H2,1-2H3/t18-/m0/s1. The number of sulfonamides is 1. The van der Waals surface area contributed by atoms with Crippen LogP contribution < -0.4 is 0 Å². The third-order valence-corrected chi connectivity index (χ3v) is 9.46. The number of fused-ring (bicyclic) bond motifs is 1. The summed E-state index contributed by atoms with van der Waals surface area (Å²) in [5.74, 6) is 0.790. The molecule has 0 spiro atoms. The van der Waals surface area contributed by atoms with Crippen molar-refractivity contribution in [2.45, 2.75) is 36.4 Å². The van der Waals surface area contributed by atoms with Crippen LogP contribution in [0.25, 0.3) is 22.3 Å². The number of benzene rings is 2. The van der Waals surface area contributed by atoms with Gasteiger partial charge in [-0.15, -0.1) is 10.2 Å². The molecule has 194 valence electrons. The van der Waals surface area contributed by atoms with Crippen LogP contribution in [0.4, 0.5) is 0 Å². The Labute approximate surface area is 220 Å². The van der Waals surface area contributed by atoms with Gasteiger partial charge in [-0.05, 0) is 31.5 Å². The maximum Gasteiger partial charge on any atom is 0.243 e. The van der Waals surface area contributed by atoms with Crippen molar-refractivity contribution in [3.8, 4) is 11.4 Å². The van der Waals surface area contributed by atoms with Crippen molar-refractivity contribution >= 4 is 38.5 Å². The van der Waals surface area contributed by atoms with Crippen molar-refractivity contribution in [3.05, 3.63) is 60.3 Å². The number of nitrogens with zero attached hydrogens (tertiary/aromatic N) is 4. The Balaban J connectivity index is 1.42. The van der Waals surface area contributed by atoms with Gasteiger partial charge in [-0.3, -0.25) is 9.36 Å². The van der Waals surface area contributed by atoms with E-state index in [1.54, 1.807) is 24.4 Å². The van der Waals surface area contributed by atoms with Crippen LogP contribution in [-0.2, 0) is 14.8 Å². The van der Waals surface area contributed by atoms with Gasteiger partial charge in [0.1, 0.15) is 0 Å². The Morgan fingerprint density at radius 1 is 1.14 bits per heavy atom. The van der Waals surface area contributed by atoms with E-state index in [-0.39, 0.29) is 22.5 Å². The van der Waals surface area contributed by atoms with Crippen molar-refractivity contribution in [1.29, 1.82) is 0 Å². The van der Waals surface area contributed by atoms with Gasteiger partial charge in [-0.1, -0.05) is 49.0 Å². The first kappa shape index (κ1) is 25.7. The quantitative estimate of drug-likeness (QED) is 0.248. The first-order chi connectivity index (χ1) is 17.9. The summed E-state index contributed by atoms with van der Waals surface area (Å²) in [7, 11) is -3.65. The third-order valence-electron chi connectivity index (χ3n) is 6.62. The van der Waals surface area contributed by atoms with Gasteiger partial charge < -0.3 is 9.72 Å². The number of morpholine rings is 1. The van der Waals surface area contributed by atoms with E-state index in [0.29, 0.717) is 48.4 Å². The number of ketones is 1. The third kappa shape index (κ3) is 5.08. The van der Waals surface area contributed by atoms with Crippen molar-refractivity contribution < 1.29 is 17.9 Å². The van der Waals surface area contributed by atoms with E-state index in [0.717, 1.165) is 17.3 Å². The topological polar surface area (TPSA) is 110 Å². The maximum atomic E-state index is 13.2. The molecule has 37 heavy (non-hydrogen) atoms. The van der Waals surface area contributed by atoms with E-state index < -0.39 is 10.0 Å². The lowest BCUT2D eigenvalue weighted by Crippen LogP contribution is -2.40. The summed E-state index contributed by atoms with van der Waals surface area (Å²) >= 11 is 1.34. The van der Waals surface area contributed by atoms with Crippen molar-refractivity contribution in [3.63, 3.8) is 0 Å². The molecular formula is C26H29N5O4S2. The van der Waals surface area contributed by atoms with Crippen molar-refractivity contribution in [1.82, 2.24) is 24.1 Å². The molecule has 9 nitrogen and oxygen atoms in total. The van der Waals surface area contributed by atoms with Crippen LogP contribution in [0.1, 0.15) is 36.7 Å². The Bertz CT molecular complexity index is 1520. The molecule has 1 aliphatic heterocycles. The number of nitrogens with one attached hydrogen (secondary N) is 1. The molecule has 0 bridgehead atoms. The molecular weight excluding hydrogens is 510 g/mol. The van der Waals surface area contributed by atoms with E-state index in [2.05, 4.69) is 29.0 Å². The second-order valence-corrected chi connectivity index (χ2v) is 11.8. The zero-order valence-electron chi connectivity index (χ0n) is 20.8. The summed E-state index contributed by atoms with van der Waals surface area (Å²) in [5, 5.41) is 10.3. The van der Waals surface area contributed by atoms with Gasteiger partial charge in [0.05, 0.1) is 23.9 Å². The maximum absolute atomic E-state index is 13.2. The van der Waals surface area contributed by atoms with Gasteiger partial charge >= 0.3 is 0 Å². The minimum absolute atomic E-state index is 0.00121. The SMILES string of the molecule is CC[C@H](C)n1c(SCC(=O)c2c[nH]c3ccccc23)nnc1-c1cccc(S(=O)(=O)N2CCOCC2)c1. The molecule has 0 saturated carbocycles. The highest BCUT2D eigenvalue weighted by Crippen LogP contribution is 2.31. The number of carbonyl (C=O) groups excluding carboxylic acids is 1. The number of para-hydroxylation sites is 1. The highest BCUT2D eigenvalue weighted by Gasteiger charge is 2.27. The van der Waals surface area contributed by atoms with E-state index >= 15 is 0 Å². The lowest BCUT2D eigenvalue weighted by atomic mass is 10.1. The monoisotopic (exact) mass is 539 g/mol. The van der Waals surface area contributed by atoms with Crippen molar-refractivity contribution in [2.24, 2.45) is 0 Å². The van der Waals surface area contributed by atoms with Crippen LogP contribution in [0.15, 0.2) is 64.8 Å². The number of aromatic amines is 1. The number of H-pyrrole nitrogens is 1. The molecule has 4 aromatic rings. The molecule has 0 aliphatic carbocycles. The summed E-state index contributed by atoms with van der Waals surface area (Å²) in [6, 6.07) is 14.6. The fourth-order valence-electron chi connectivity index (χ4n) is 4.39. The molecule has 1 aliphatic rings. The predicted octanol–water partition coefficient (Wildman–Crippen LogP) is 4.39. The number of rotatable bonds is 9. The zero-order chi connectivity index (χ0) is 26.0. The molecule has 1 atom stereocenters. The van der Waals surface area contributed by atoms with Gasteiger partial charge in [0.2, 0.25) is 10.0 Å². The Morgan fingerprint density at radius 2 is 1.92 bits per heavy atom. The van der Waals surface area contributed by atoms with Gasteiger partial charge in [0, 0.05) is 47.4 Å². The number of thioether (sulfide) groups is 1. The molecule has 11 heteroatoms. The minimum Gasteiger partial charge on any atom is -0.379 e. The van der Waals surface area contributed by atoms with Crippen LogP contribution >= 0.6 is 11.8 Å². The molecule has 1 fully saturated rings. The summed E-state index contributed by atoms with van der Waals surface area (Å²) in [6.07, 6.45) is 2.57. The Kier molecular flexibility index (Phi) is 7.47. The van der Waals surface area contributed by atoms with Crippen LogP contribution in [-0.4, -0.2) is 70.3 Å². The number of hydrogen-bond donors (Lipinski definition) is 1. The highest BCUT2D eigenvalue weighted by atomic mass is 32.2. The molecule has 0 unspecified atom stereocenters. The molecule has 2 aromatic carbocycles. The average Bonchev–Trinajstić information content (AvgIpc) is 3.56. The number of ether oxygens (including phenoxy) is 1. The molecule has 0 radical (unpaired) electrons. The Hall–Kier alpha value is -2.99. The second kappa shape index (κ2) is 10.8. The van der Waals surface area contributed by atoms with Crippen LogP contribution in [0.3, 0.4) is 0 Å². The number of hydrogen-bond acceptors (Lipinski definition) is 7. The summed E-state index contributed by atoms with van der Waals surface area (Å²) < 4.78 is 35.2. The number of Topliss-reactive ketones (excluding diaryl/α,β-unsaturated/α-hetero) is 1. The molecule has 3 heterocycles. The lowest BCUT2D eigenvalue weighted by Gasteiger charge is -2.26. The molecule has 0 amide bonds. The lowest BCUT2D eigenvalue weighted by molar-refractivity contribution is 0.0730. The van der Waals surface area contributed by atoms with Crippen molar-refractivity contribution in [2.75, 3.05) is 32.1 Å². The fraction of sp³-hybridized carbons (Fsp3) is 0.346. The smallest absolute Gasteiger partial charge is 0.243 e. The van der Waals surface area contributed by atoms with E-state index in [4.69, 9.17) is 4.74 Å². The predicted molar refractivity (Wildman–Crippen MR) is 143 cm³/mol. The largest absolute Gasteiger partial charge is 0.379 e. The first-order valence-electron chi connectivity index (χ1n) is 12.3. The second-order valence-electron chi connectivity index (χ2n) is 8.94. The van der Waals surface area contributed by atoms with E-state index in [1.165, 1.54) is 16.1 Å². The van der Waals surface area contributed by atoms with Crippen LogP contribution in [0.5, 0.6) is 0 Å². The van der Waals surface area contributed by atoms with Gasteiger partial charge in [0.15, 0.2) is 16.8 Å². The van der Waals surface area contributed by atoms with Crippen LogP contribution in [0.2, 0.25) is 0 Å². The summed E-state index contributed by atoms with van der Waals surface area (Å²) in [6.45, 7) is 5.58. The molecule has 1 N–H and O–H groups in total. The van der Waals surface area contributed by atoms with Gasteiger partial charge in [-0.2, -0.15) is 4.31 Å². The number of carbonyl (C=O) groups is 1.